The van der Waals surface area contributed by atoms with Crippen LogP contribution in [0.4, 0.5) is 0 Å². The summed E-state index contributed by atoms with van der Waals surface area (Å²) in [7, 11) is -3.54. The summed E-state index contributed by atoms with van der Waals surface area (Å²) in [5.41, 5.74) is 1.67. The number of aryl methyl sites for hydroxylation is 1. The summed E-state index contributed by atoms with van der Waals surface area (Å²) < 4.78 is 28.0. The van der Waals surface area contributed by atoms with E-state index in [1.165, 1.54) is 0 Å². The third kappa shape index (κ3) is 4.86. The van der Waals surface area contributed by atoms with Crippen LogP contribution in [-0.4, -0.2) is 54.9 Å². The highest BCUT2D eigenvalue weighted by Gasteiger charge is 2.52. The van der Waals surface area contributed by atoms with E-state index in [4.69, 9.17) is 0 Å². The fourth-order valence-corrected chi connectivity index (χ4v) is 6.37. The summed E-state index contributed by atoms with van der Waals surface area (Å²) in [6.45, 7) is 7.74. The van der Waals surface area contributed by atoms with Gasteiger partial charge in [-0.1, -0.05) is 68.3 Å². The van der Waals surface area contributed by atoms with E-state index in [0.29, 0.717) is 49.7 Å². The number of sulfonamides is 1. The molecule has 2 aliphatic rings. The van der Waals surface area contributed by atoms with Crippen LogP contribution in [0, 0.1) is 12.8 Å². The van der Waals surface area contributed by atoms with Gasteiger partial charge in [-0.2, -0.15) is 4.31 Å². The van der Waals surface area contributed by atoms with Crippen molar-refractivity contribution >= 4 is 15.9 Å². The number of carbonyl (C=O) groups is 1. The second-order valence-electron chi connectivity index (χ2n) is 9.60. The molecular weight excluding hydrogens is 434 g/mol. The largest absolute Gasteiger partial charge is 0.323 e. The van der Waals surface area contributed by atoms with Crippen LogP contribution in [0.2, 0.25) is 0 Å². The van der Waals surface area contributed by atoms with E-state index in [1.807, 2.05) is 42.2 Å². The minimum Gasteiger partial charge on any atom is -0.323 e. The molecule has 33 heavy (non-hydrogen) atoms. The van der Waals surface area contributed by atoms with Crippen LogP contribution in [0.25, 0.3) is 0 Å². The number of hydrogen-bond donors (Lipinski definition) is 1. The normalized spacial score (nSPS) is 22.1. The Bertz CT molecular complexity index is 1060. The van der Waals surface area contributed by atoms with Gasteiger partial charge in [-0.25, -0.2) is 8.42 Å². The van der Waals surface area contributed by atoms with Gasteiger partial charge >= 0.3 is 0 Å². The second-order valence-corrected chi connectivity index (χ2v) is 11.5. The Morgan fingerprint density at radius 1 is 1.06 bits per heavy atom. The molecule has 1 spiro atoms. The predicted octanol–water partition coefficient (Wildman–Crippen LogP) is 3.57. The lowest BCUT2D eigenvalue weighted by molar-refractivity contribution is -0.134. The summed E-state index contributed by atoms with van der Waals surface area (Å²) in [6, 6.07) is 16.8. The number of carbonyl (C=O) groups excluding carboxylic acids is 1. The van der Waals surface area contributed by atoms with Gasteiger partial charge in [-0.15, -0.1) is 0 Å². The van der Waals surface area contributed by atoms with E-state index in [0.717, 1.165) is 17.5 Å². The molecule has 2 heterocycles. The molecular formula is C26H35N3O3S. The number of benzene rings is 2. The average molecular weight is 470 g/mol. The van der Waals surface area contributed by atoms with Crippen molar-refractivity contribution in [2.45, 2.75) is 63.1 Å². The van der Waals surface area contributed by atoms with Crippen molar-refractivity contribution in [1.29, 1.82) is 0 Å². The van der Waals surface area contributed by atoms with Crippen molar-refractivity contribution in [3.63, 3.8) is 0 Å². The van der Waals surface area contributed by atoms with Crippen LogP contribution in [0.3, 0.4) is 0 Å². The van der Waals surface area contributed by atoms with Crippen molar-refractivity contribution in [2.75, 3.05) is 19.6 Å². The monoisotopic (exact) mass is 469 g/mol. The molecule has 0 aliphatic carbocycles. The van der Waals surface area contributed by atoms with Crippen LogP contribution < -0.4 is 5.32 Å². The van der Waals surface area contributed by atoms with Gasteiger partial charge in [-0.3, -0.25) is 10.1 Å². The quantitative estimate of drug-likeness (QED) is 0.673. The van der Waals surface area contributed by atoms with Crippen molar-refractivity contribution < 1.29 is 13.2 Å². The molecule has 0 radical (unpaired) electrons. The van der Waals surface area contributed by atoms with Crippen molar-refractivity contribution in [1.82, 2.24) is 14.5 Å². The molecule has 0 aromatic heterocycles. The zero-order valence-electron chi connectivity index (χ0n) is 19.8. The molecule has 2 aliphatic heterocycles. The Morgan fingerprint density at radius 3 is 2.30 bits per heavy atom. The number of nitrogens with one attached hydrogen (secondary N) is 1. The molecule has 2 aromatic carbocycles. The standard InChI is InChI=1S/C26H35N3O3S/c1-4-20(2)19-29-25(30)24(18-22-8-6-5-7-9-22)27-26(29)14-16-28(17-15-26)33(31,32)23-12-10-21(3)11-13-23/h5-13,20,24,27H,4,14-19H2,1-3H3. The number of piperidine rings is 1. The fourth-order valence-electron chi connectivity index (χ4n) is 4.93. The zero-order valence-corrected chi connectivity index (χ0v) is 20.6. The first-order valence-corrected chi connectivity index (χ1v) is 13.4. The average Bonchev–Trinajstić information content (AvgIpc) is 3.05. The molecule has 4 rings (SSSR count). The van der Waals surface area contributed by atoms with Gasteiger partial charge in [0.05, 0.1) is 16.6 Å². The molecule has 178 valence electrons. The topological polar surface area (TPSA) is 69.7 Å². The minimum atomic E-state index is -3.54. The second kappa shape index (κ2) is 9.57. The van der Waals surface area contributed by atoms with Gasteiger partial charge in [0.15, 0.2) is 0 Å². The minimum absolute atomic E-state index is 0.133. The van der Waals surface area contributed by atoms with E-state index < -0.39 is 15.7 Å². The first-order chi connectivity index (χ1) is 15.7. The number of amides is 1. The molecule has 7 heteroatoms. The Balaban J connectivity index is 1.53. The lowest BCUT2D eigenvalue weighted by Gasteiger charge is -2.45. The highest BCUT2D eigenvalue weighted by atomic mass is 32.2. The van der Waals surface area contributed by atoms with Gasteiger partial charge < -0.3 is 4.90 Å². The molecule has 0 bridgehead atoms. The van der Waals surface area contributed by atoms with E-state index in [9.17, 15) is 13.2 Å². The Kier molecular flexibility index (Phi) is 6.93. The molecule has 2 fully saturated rings. The zero-order chi connectivity index (χ0) is 23.6. The van der Waals surface area contributed by atoms with Crippen molar-refractivity contribution in [3.05, 3.63) is 65.7 Å². The Hall–Kier alpha value is -2.22. The fraction of sp³-hybridized carbons (Fsp3) is 0.500. The molecule has 0 saturated carbocycles. The molecule has 2 atom stereocenters. The maximum atomic E-state index is 13.5. The number of rotatable bonds is 7. The molecule has 1 N–H and O–H groups in total. The Morgan fingerprint density at radius 2 is 1.70 bits per heavy atom. The molecule has 6 nitrogen and oxygen atoms in total. The van der Waals surface area contributed by atoms with Gasteiger partial charge in [0.25, 0.3) is 0 Å². The smallest absolute Gasteiger partial charge is 0.243 e. The van der Waals surface area contributed by atoms with Crippen LogP contribution in [0.15, 0.2) is 59.5 Å². The summed E-state index contributed by atoms with van der Waals surface area (Å²) in [6.07, 6.45) is 2.82. The van der Waals surface area contributed by atoms with Gasteiger partial charge in [-0.05, 0) is 49.8 Å². The van der Waals surface area contributed by atoms with Gasteiger partial charge in [0, 0.05) is 19.6 Å². The first kappa shape index (κ1) is 23.9. The van der Waals surface area contributed by atoms with Gasteiger partial charge in [0.2, 0.25) is 15.9 Å². The van der Waals surface area contributed by atoms with Crippen LogP contribution in [0.5, 0.6) is 0 Å². The van der Waals surface area contributed by atoms with E-state index in [1.54, 1.807) is 16.4 Å². The van der Waals surface area contributed by atoms with Crippen LogP contribution in [0.1, 0.15) is 44.2 Å². The number of nitrogens with zero attached hydrogens (tertiary/aromatic N) is 2. The van der Waals surface area contributed by atoms with Gasteiger partial charge in [0.1, 0.15) is 0 Å². The predicted molar refractivity (Wildman–Crippen MR) is 130 cm³/mol. The summed E-state index contributed by atoms with van der Waals surface area (Å²) >= 11 is 0. The maximum absolute atomic E-state index is 13.5. The first-order valence-electron chi connectivity index (χ1n) is 11.9. The van der Waals surface area contributed by atoms with Crippen molar-refractivity contribution in [2.24, 2.45) is 5.92 Å². The molecule has 2 aromatic rings. The molecule has 2 saturated heterocycles. The third-order valence-corrected chi connectivity index (χ3v) is 9.12. The lowest BCUT2D eigenvalue weighted by Crippen LogP contribution is -2.60. The highest BCUT2D eigenvalue weighted by Crippen LogP contribution is 2.36. The third-order valence-electron chi connectivity index (χ3n) is 7.21. The summed E-state index contributed by atoms with van der Waals surface area (Å²) in [4.78, 5) is 15.8. The van der Waals surface area contributed by atoms with E-state index in [2.05, 4.69) is 31.3 Å². The SMILES string of the molecule is CCC(C)CN1C(=O)C(Cc2ccccc2)NC12CCN(S(=O)(=O)c1ccc(C)cc1)CC2. The lowest BCUT2D eigenvalue weighted by atomic mass is 9.95. The summed E-state index contributed by atoms with van der Waals surface area (Å²) in [5, 5.41) is 3.66. The summed E-state index contributed by atoms with van der Waals surface area (Å²) in [5.74, 6) is 0.520. The molecule has 2 unspecified atom stereocenters. The van der Waals surface area contributed by atoms with Crippen molar-refractivity contribution in [3.8, 4) is 0 Å². The van der Waals surface area contributed by atoms with E-state index in [-0.39, 0.29) is 11.9 Å². The highest BCUT2D eigenvalue weighted by molar-refractivity contribution is 7.89. The number of hydrogen-bond acceptors (Lipinski definition) is 4. The molecule has 1 amide bonds. The van der Waals surface area contributed by atoms with E-state index >= 15 is 0 Å². The van der Waals surface area contributed by atoms with Crippen LogP contribution in [-0.2, 0) is 21.2 Å². The maximum Gasteiger partial charge on any atom is 0.243 e. The Labute approximate surface area is 198 Å². The van der Waals surface area contributed by atoms with Crippen LogP contribution >= 0.6 is 0 Å².